The molecule has 0 aliphatic carbocycles. The number of aromatic nitrogens is 2. The van der Waals surface area contributed by atoms with Gasteiger partial charge in [0.25, 0.3) is 0 Å². The van der Waals surface area contributed by atoms with Crippen LogP contribution in [0.3, 0.4) is 0 Å². The lowest BCUT2D eigenvalue weighted by molar-refractivity contribution is 0.151. The third kappa shape index (κ3) is 4.41. The van der Waals surface area contributed by atoms with Crippen LogP contribution in [0.25, 0.3) is 0 Å². The maximum absolute atomic E-state index is 5.30. The van der Waals surface area contributed by atoms with Crippen LogP contribution in [0.1, 0.15) is 0 Å². The maximum Gasteiger partial charge on any atom is 0.226 e. The molecule has 1 heterocycles. The molecule has 0 fully saturated rings. The maximum atomic E-state index is 5.30. The molecule has 0 aromatic carbocycles. The van der Waals surface area contributed by atoms with Crippen molar-refractivity contribution in [1.29, 1.82) is 0 Å². The zero-order valence-corrected chi connectivity index (χ0v) is 9.81. The second-order valence-electron chi connectivity index (χ2n) is 3.46. The molecular weight excluding hydrogens is 206 g/mol. The molecule has 0 bridgehead atoms. The van der Waals surface area contributed by atoms with Gasteiger partial charge in [-0.1, -0.05) is 0 Å². The SMILES string of the molecule is CN(C)c1nccc(NCCOCCN)n1. The summed E-state index contributed by atoms with van der Waals surface area (Å²) in [5, 5.41) is 3.16. The lowest BCUT2D eigenvalue weighted by atomic mass is 10.5. The molecule has 0 radical (unpaired) electrons. The largest absolute Gasteiger partial charge is 0.378 e. The summed E-state index contributed by atoms with van der Waals surface area (Å²) in [6, 6.07) is 1.83. The Balaban J connectivity index is 2.33. The third-order valence-corrected chi connectivity index (χ3v) is 1.86. The predicted octanol–water partition coefficient (Wildman–Crippen LogP) is -0.0702. The minimum Gasteiger partial charge on any atom is -0.378 e. The average Bonchev–Trinajstić information content (AvgIpc) is 2.29. The van der Waals surface area contributed by atoms with Gasteiger partial charge in [-0.25, -0.2) is 4.98 Å². The van der Waals surface area contributed by atoms with Crippen molar-refractivity contribution in [2.45, 2.75) is 0 Å². The number of rotatable bonds is 7. The van der Waals surface area contributed by atoms with Gasteiger partial charge >= 0.3 is 0 Å². The van der Waals surface area contributed by atoms with Gasteiger partial charge in [0.05, 0.1) is 13.2 Å². The molecule has 0 unspecified atom stereocenters. The lowest BCUT2D eigenvalue weighted by Gasteiger charge is -2.11. The fraction of sp³-hybridized carbons (Fsp3) is 0.600. The molecule has 0 saturated heterocycles. The molecule has 6 nitrogen and oxygen atoms in total. The van der Waals surface area contributed by atoms with E-state index >= 15 is 0 Å². The number of nitrogens with one attached hydrogen (secondary N) is 1. The van der Waals surface area contributed by atoms with Crippen molar-refractivity contribution in [3.63, 3.8) is 0 Å². The van der Waals surface area contributed by atoms with Crippen molar-refractivity contribution in [3.05, 3.63) is 12.3 Å². The normalized spacial score (nSPS) is 10.2. The summed E-state index contributed by atoms with van der Waals surface area (Å²) >= 11 is 0. The molecule has 0 aliphatic rings. The Labute approximate surface area is 95.8 Å². The van der Waals surface area contributed by atoms with Gasteiger partial charge in [-0.15, -0.1) is 0 Å². The fourth-order valence-electron chi connectivity index (χ4n) is 1.10. The van der Waals surface area contributed by atoms with Crippen LogP contribution in [0, 0.1) is 0 Å². The van der Waals surface area contributed by atoms with Gasteiger partial charge in [-0.3, -0.25) is 0 Å². The summed E-state index contributed by atoms with van der Waals surface area (Å²) in [6.45, 7) is 2.48. The Bertz CT molecular complexity index is 305. The van der Waals surface area contributed by atoms with E-state index in [1.54, 1.807) is 6.20 Å². The van der Waals surface area contributed by atoms with Crippen LogP contribution in [0.4, 0.5) is 11.8 Å². The molecule has 6 heteroatoms. The standard InChI is InChI=1S/C10H19N5O/c1-15(2)10-13-5-3-9(14-10)12-6-8-16-7-4-11/h3,5H,4,6-8,11H2,1-2H3,(H,12,13,14). The zero-order chi connectivity index (χ0) is 11.8. The van der Waals surface area contributed by atoms with Gasteiger partial charge in [0.2, 0.25) is 5.95 Å². The van der Waals surface area contributed by atoms with Crippen LogP contribution in [-0.2, 0) is 4.74 Å². The summed E-state index contributed by atoms with van der Waals surface area (Å²) in [4.78, 5) is 10.3. The first-order valence-electron chi connectivity index (χ1n) is 5.26. The fourth-order valence-corrected chi connectivity index (χ4v) is 1.10. The van der Waals surface area contributed by atoms with Crippen LogP contribution in [-0.4, -0.2) is 50.4 Å². The van der Waals surface area contributed by atoms with Crippen molar-refractivity contribution in [2.24, 2.45) is 5.73 Å². The minimum atomic E-state index is 0.554. The third-order valence-electron chi connectivity index (χ3n) is 1.86. The molecule has 90 valence electrons. The highest BCUT2D eigenvalue weighted by Gasteiger charge is 1.99. The molecule has 3 N–H and O–H groups in total. The number of ether oxygens (including phenoxy) is 1. The topological polar surface area (TPSA) is 76.3 Å². The summed E-state index contributed by atoms with van der Waals surface area (Å²) in [7, 11) is 3.81. The van der Waals surface area contributed by atoms with Gasteiger partial charge < -0.3 is 20.7 Å². The van der Waals surface area contributed by atoms with E-state index in [0.29, 0.717) is 32.3 Å². The molecule has 1 aromatic rings. The Morgan fingerprint density at radius 1 is 1.44 bits per heavy atom. The molecule has 0 saturated carbocycles. The zero-order valence-electron chi connectivity index (χ0n) is 9.81. The minimum absolute atomic E-state index is 0.554. The summed E-state index contributed by atoms with van der Waals surface area (Å²) in [5.41, 5.74) is 5.30. The summed E-state index contributed by atoms with van der Waals surface area (Å²) < 4.78 is 5.24. The van der Waals surface area contributed by atoms with E-state index in [1.807, 2.05) is 25.1 Å². The number of hydrogen-bond acceptors (Lipinski definition) is 6. The second kappa shape index (κ2) is 6.97. The summed E-state index contributed by atoms with van der Waals surface area (Å²) in [5.74, 6) is 1.49. The number of anilines is 2. The van der Waals surface area contributed by atoms with Gasteiger partial charge in [-0.05, 0) is 6.07 Å². The van der Waals surface area contributed by atoms with Crippen LogP contribution < -0.4 is 16.0 Å². The van der Waals surface area contributed by atoms with Crippen molar-refractivity contribution >= 4 is 11.8 Å². The first kappa shape index (κ1) is 12.7. The number of nitrogens with two attached hydrogens (primary N) is 1. The highest BCUT2D eigenvalue weighted by Crippen LogP contribution is 2.06. The van der Waals surface area contributed by atoms with Crippen molar-refractivity contribution in [1.82, 2.24) is 9.97 Å². The molecule has 0 atom stereocenters. The summed E-state index contributed by atoms with van der Waals surface area (Å²) in [6.07, 6.45) is 1.73. The highest BCUT2D eigenvalue weighted by atomic mass is 16.5. The Kier molecular flexibility index (Phi) is 5.52. The van der Waals surface area contributed by atoms with Crippen LogP contribution in [0.5, 0.6) is 0 Å². The Morgan fingerprint density at radius 3 is 2.94 bits per heavy atom. The Morgan fingerprint density at radius 2 is 2.25 bits per heavy atom. The molecule has 0 amide bonds. The molecule has 0 aliphatic heterocycles. The lowest BCUT2D eigenvalue weighted by Crippen LogP contribution is -2.16. The molecular formula is C10H19N5O. The smallest absolute Gasteiger partial charge is 0.226 e. The molecule has 1 aromatic heterocycles. The van der Waals surface area contributed by atoms with E-state index in [9.17, 15) is 0 Å². The Hall–Kier alpha value is -1.40. The van der Waals surface area contributed by atoms with E-state index < -0.39 is 0 Å². The number of nitrogens with zero attached hydrogens (tertiary/aromatic N) is 3. The van der Waals surface area contributed by atoms with Crippen molar-refractivity contribution < 1.29 is 4.74 Å². The van der Waals surface area contributed by atoms with E-state index in [0.717, 1.165) is 5.82 Å². The molecule has 16 heavy (non-hydrogen) atoms. The first-order valence-corrected chi connectivity index (χ1v) is 5.26. The second-order valence-corrected chi connectivity index (χ2v) is 3.46. The monoisotopic (exact) mass is 225 g/mol. The van der Waals surface area contributed by atoms with Gasteiger partial charge in [-0.2, -0.15) is 4.98 Å². The van der Waals surface area contributed by atoms with Crippen LogP contribution in [0.15, 0.2) is 12.3 Å². The van der Waals surface area contributed by atoms with Gasteiger partial charge in [0, 0.05) is 33.4 Å². The van der Waals surface area contributed by atoms with Crippen molar-refractivity contribution in [3.8, 4) is 0 Å². The quantitative estimate of drug-likeness (QED) is 0.633. The molecule has 1 rings (SSSR count). The predicted molar refractivity (Wildman–Crippen MR) is 64.7 cm³/mol. The van der Waals surface area contributed by atoms with E-state index in [4.69, 9.17) is 10.5 Å². The average molecular weight is 225 g/mol. The highest BCUT2D eigenvalue weighted by molar-refractivity contribution is 5.40. The van der Waals surface area contributed by atoms with Gasteiger partial charge in [0.1, 0.15) is 5.82 Å². The number of hydrogen-bond donors (Lipinski definition) is 2. The van der Waals surface area contributed by atoms with Gasteiger partial charge in [0.15, 0.2) is 0 Å². The van der Waals surface area contributed by atoms with E-state index in [1.165, 1.54) is 0 Å². The van der Waals surface area contributed by atoms with E-state index in [-0.39, 0.29) is 0 Å². The van der Waals surface area contributed by atoms with E-state index in [2.05, 4.69) is 15.3 Å². The van der Waals surface area contributed by atoms with Crippen LogP contribution in [0.2, 0.25) is 0 Å². The first-order chi connectivity index (χ1) is 7.74. The van der Waals surface area contributed by atoms with Crippen LogP contribution >= 0.6 is 0 Å². The van der Waals surface area contributed by atoms with Crippen molar-refractivity contribution in [2.75, 3.05) is 50.6 Å². The molecule has 0 spiro atoms.